The van der Waals surface area contributed by atoms with Crippen molar-refractivity contribution in [2.75, 3.05) is 33.7 Å². The molecule has 0 radical (unpaired) electrons. The number of rotatable bonds is 7. The summed E-state index contributed by atoms with van der Waals surface area (Å²) >= 11 is 0. The molecule has 0 aromatic rings. The molecule has 0 aliphatic rings. The summed E-state index contributed by atoms with van der Waals surface area (Å²) in [6.07, 6.45) is -0.0498. The number of carboxylic acid groups (broad SMARTS) is 1. The Morgan fingerprint density at radius 1 is 1.10 bits per heavy atom. The largest absolute Gasteiger partial charge is 0.481 e. The van der Waals surface area contributed by atoms with E-state index in [-0.39, 0.29) is 24.4 Å². The van der Waals surface area contributed by atoms with Crippen molar-refractivity contribution in [3.05, 3.63) is 0 Å². The molecule has 0 bridgehead atoms. The van der Waals surface area contributed by atoms with Crippen LogP contribution in [0, 0.1) is 5.41 Å². The third-order valence-corrected chi connectivity index (χ3v) is 3.07. The highest BCUT2D eigenvalue weighted by atomic mass is 16.4. The van der Waals surface area contributed by atoms with E-state index in [0.717, 1.165) is 6.54 Å². The van der Waals surface area contributed by atoms with Crippen LogP contribution in [0.5, 0.6) is 0 Å². The summed E-state index contributed by atoms with van der Waals surface area (Å²) in [5.41, 5.74) is -0.458. The van der Waals surface area contributed by atoms with Crippen LogP contribution in [0.15, 0.2) is 0 Å². The molecule has 21 heavy (non-hydrogen) atoms. The first-order valence-electron chi connectivity index (χ1n) is 7.27. The molecule has 0 aliphatic heterocycles. The fourth-order valence-corrected chi connectivity index (χ4v) is 2.27. The van der Waals surface area contributed by atoms with Crippen LogP contribution in [0.4, 0.5) is 4.79 Å². The summed E-state index contributed by atoms with van der Waals surface area (Å²) in [6, 6.07) is -0.212. The predicted octanol–water partition coefficient (Wildman–Crippen LogP) is 1.86. The molecule has 6 heteroatoms. The van der Waals surface area contributed by atoms with Crippen LogP contribution in [0.2, 0.25) is 0 Å². The van der Waals surface area contributed by atoms with Crippen LogP contribution in [0.3, 0.4) is 0 Å². The summed E-state index contributed by atoms with van der Waals surface area (Å²) < 4.78 is 0. The lowest BCUT2D eigenvalue weighted by molar-refractivity contribution is -0.137. The molecule has 0 aromatic carbocycles. The molecule has 0 fully saturated rings. The zero-order chi connectivity index (χ0) is 16.8. The highest BCUT2D eigenvalue weighted by Crippen LogP contribution is 2.17. The van der Waals surface area contributed by atoms with E-state index < -0.39 is 11.5 Å². The Bertz CT molecular complexity index is 360. The van der Waals surface area contributed by atoms with Gasteiger partial charge >= 0.3 is 12.0 Å². The minimum absolute atomic E-state index is 0.0461. The summed E-state index contributed by atoms with van der Waals surface area (Å²) in [5.74, 6) is -0.898. The van der Waals surface area contributed by atoms with E-state index in [1.165, 1.54) is 0 Å². The zero-order valence-corrected chi connectivity index (χ0v) is 14.5. The lowest BCUT2D eigenvalue weighted by Crippen LogP contribution is -2.53. The van der Waals surface area contributed by atoms with E-state index in [2.05, 4.69) is 24.1 Å². The molecule has 2 N–H and O–H groups in total. The van der Waals surface area contributed by atoms with Gasteiger partial charge in [0.05, 0.1) is 6.42 Å². The first kappa shape index (κ1) is 19.7. The lowest BCUT2D eigenvalue weighted by Gasteiger charge is -2.37. The number of nitrogens with zero attached hydrogens (tertiary/aromatic N) is 2. The van der Waals surface area contributed by atoms with Crippen molar-refractivity contribution in [3.8, 4) is 0 Å². The first-order chi connectivity index (χ1) is 9.35. The van der Waals surface area contributed by atoms with E-state index in [4.69, 9.17) is 5.11 Å². The second-order valence-corrected chi connectivity index (χ2v) is 7.53. The van der Waals surface area contributed by atoms with Gasteiger partial charge in [0.15, 0.2) is 0 Å². The quantitative estimate of drug-likeness (QED) is 0.753. The normalized spacial score (nSPS) is 12.4. The van der Waals surface area contributed by atoms with E-state index in [9.17, 15) is 9.59 Å². The lowest BCUT2D eigenvalue weighted by atomic mass is 9.93. The predicted molar refractivity (Wildman–Crippen MR) is 84.4 cm³/mol. The topological polar surface area (TPSA) is 72.9 Å². The molecule has 0 spiro atoms. The first-order valence-corrected chi connectivity index (χ1v) is 7.27. The Hall–Kier alpha value is -1.30. The van der Waals surface area contributed by atoms with Crippen molar-refractivity contribution >= 4 is 12.0 Å². The van der Waals surface area contributed by atoms with Crippen LogP contribution in [-0.4, -0.2) is 66.2 Å². The van der Waals surface area contributed by atoms with E-state index >= 15 is 0 Å². The summed E-state index contributed by atoms with van der Waals surface area (Å²) in [5, 5.41) is 11.7. The number of urea groups is 1. The minimum atomic E-state index is -0.898. The highest BCUT2D eigenvalue weighted by Gasteiger charge is 2.28. The maximum atomic E-state index is 12.3. The molecule has 6 nitrogen and oxygen atoms in total. The molecule has 0 aromatic heterocycles. The van der Waals surface area contributed by atoms with Gasteiger partial charge in [-0.2, -0.15) is 0 Å². The van der Waals surface area contributed by atoms with Crippen LogP contribution >= 0.6 is 0 Å². The monoisotopic (exact) mass is 301 g/mol. The number of aliphatic carboxylic acids is 1. The molecule has 0 aliphatic carbocycles. The summed E-state index contributed by atoms with van der Waals surface area (Å²) in [6.45, 7) is 11.5. The van der Waals surface area contributed by atoms with Crippen LogP contribution in [0.25, 0.3) is 0 Å². The Labute approximate surface area is 128 Å². The van der Waals surface area contributed by atoms with Crippen LogP contribution in [-0.2, 0) is 4.79 Å². The van der Waals surface area contributed by atoms with E-state index in [1.54, 1.807) is 4.90 Å². The summed E-state index contributed by atoms with van der Waals surface area (Å²) in [7, 11) is 4.00. The van der Waals surface area contributed by atoms with Gasteiger partial charge in [-0.15, -0.1) is 0 Å². The molecular weight excluding hydrogens is 270 g/mol. The fourth-order valence-electron chi connectivity index (χ4n) is 2.27. The van der Waals surface area contributed by atoms with Gasteiger partial charge in [-0.3, -0.25) is 4.79 Å². The Morgan fingerprint density at radius 2 is 1.62 bits per heavy atom. The van der Waals surface area contributed by atoms with E-state index in [0.29, 0.717) is 6.54 Å². The molecule has 0 unspecified atom stereocenters. The van der Waals surface area contributed by atoms with Gasteiger partial charge in [0.25, 0.3) is 0 Å². The van der Waals surface area contributed by atoms with Crippen molar-refractivity contribution in [3.63, 3.8) is 0 Å². The van der Waals surface area contributed by atoms with Crippen molar-refractivity contribution in [2.24, 2.45) is 5.41 Å². The van der Waals surface area contributed by atoms with Gasteiger partial charge in [0.2, 0.25) is 0 Å². The van der Waals surface area contributed by atoms with Gasteiger partial charge < -0.3 is 20.2 Å². The zero-order valence-electron chi connectivity index (χ0n) is 14.5. The van der Waals surface area contributed by atoms with Crippen molar-refractivity contribution < 1.29 is 14.7 Å². The minimum Gasteiger partial charge on any atom is -0.481 e. The van der Waals surface area contributed by atoms with Gasteiger partial charge in [-0.25, -0.2) is 4.79 Å². The third-order valence-electron chi connectivity index (χ3n) is 3.07. The SMILES string of the molecule is CN(C)CC(C)(C)CNC(=O)N(CCC(=O)O)C(C)(C)C. The van der Waals surface area contributed by atoms with Gasteiger partial charge in [0.1, 0.15) is 0 Å². The number of hydrogen-bond donors (Lipinski definition) is 2. The maximum Gasteiger partial charge on any atom is 0.317 e. The Balaban J connectivity index is 4.65. The number of amides is 2. The average Bonchev–Trinajstić information content (AvgIpc) is 2.22. The second kappa shape index (κ2) is 7.64. The number of carbonyl (C=O) groups is 2. The van der Waals surface area contributed by atoms with Crippen molar-refractivity contribution in [1.82, 2.24) is 15.1 Å². The number of nitrogens with one attached hydrogen (secondary N) is 1. The molecule has 0 heterocycles. The molecule has 0 rings (SSSR count). The van der Waals surface area contributed by atoms with Crippen LogP contribution < -0.4 is 5.32 Å². The molecule has 0 atom stereocenters. The number of carbonyl (C=O) groups excluding carboxylic acids is 1. The number of carboxylic acids is 1. The van der Waals surface area contributed by atoms with E-state index in [1.807, 2.05) is 34.9 Å². The van der Waals surface area contributed by atoms with Crippen molar-refractivity contribution in [1.29, 1.82) is 0 Å². The second-order valence-electron chi connectivity index (χ2n) is 7.53. The fraction of sp³-hybridized carbons (Fsp3) is 0.867. The smallest absolute Gasteiger partial charge is 0.317 e. The Kier molecular flexibility index (Phi) is 7.16. The van der Waals surface area contributed by atoms with Gasteiger partial charge in [0, 0.05) is 25.2 Å². The number of hydrogen-bond acceptors (Lipinski definition) is 3. The standard InChI is InChI=1S/C15H31N3O3/c1-14(2,3)18(9-8-12(19)20)13(21)16-10-15(4,5)11-17(6)7/h8-11H2,1-7H3,(H,16,21)(H,19,20). The maximum absolute atomic E-state index is 12.3. The molecule has 0 saturated carbocycles. The molecule has 2 amide bonds. The molecule has 0 saturated heterocycles. The van der Waals surface area contributed by atoms with Crippen LogP contribution in [0.1, 0.15) is 41.0 Å². The Morgan fingerprint density at radius 3 is 2.00 bits per heavy atom. The van der Waals surface area contributed by atoms with Gasteiger partial charge in [-0.05, 0) is 40.3 Å². The average molecular weight is 301 g/mol. The van der Waals surface area contributed by atoms with Crippen molar-refractivity contribution in [2.45, 2.75) is 46.6 Å². The molecule has 124 valence electrons. The third kappa shape index (κ3) is 8.55. The van der Waals surface area contributed by atoms with Gasteiger partial charge in [-0.1, -0.05) is 13.8 Å². The summed E-state index contributed by atoms with van der Waals surface area (Å²) in [4.78, 5) is 26.7. The molecular formula is C15H31N3O3. The highest BCUT2D eigenvalue weighted by molar-refractivity contribution is 5.76.